The van der Waals surface area contributed by atoms with Gasteiger partial charge in [-0.25, -0.2) is 0 Å². The number of benzene rings is 1. The highest BCUT2D eigenvalue weighted by Gasteiger charge is 2.25. The van der Waals surface area contributed by atoms with Gasteiger partial charge in [-0.1, -0.05) is 24.6 Å². The first-order chi connectivity index (χ1) is 11.3. The molecule has 1 aromatic carbocycles. The first-order valence-corrected chi connectivity index (χ1v) is 8.38. The number of ether oxygens (including phenoxy) is 1. The predicted molar refractivity (Wildman–Crippen MR) is 87.5 cm³/mol. The third-order valence-electron chi connectivity index (χ3n) is 4.87. The molecule has 1 aliphatic carbocycles. The van der Waals surface area contributed by atoms with E-state index in [1.165, 1.54) is 19.3 Å². The molecule has 5 nitrogen and oxygen atoms in total. The van der Waals surface area contributed by atoms with E-state index in [-0.39, 0.29) is 12.0 Å². The molecule has 4 rings (SSSR count). The molecule has 120 valence electrons. The zero-order chi connectivity index (χ0) is 15.6. The number of aromatic nitrogens is 2. The first kappa shape index (κ1) is 14.5. The molecule has 1 amide bonds. The molecule has 2 aromatic rings. The summed E-state index contributed by atoms with van der Waals surface area (Å²) in [6.45, 7) is 0.792. The highest BCUT2D eigenvalue weighted by atomic mass is 16.5. The maximum absolute atomic E-state index is 12.6. The van der Waals surface area contributed by atoms with Crippen molar-refractivity contribution >= 4 is 11.7 Å². The van der Waals surface area contributed by atoms with Gasteiger partial charge >= 0.3 is 0 Å². The maximum atomic E-state index is 12.6. The van der Waals surface area contributed by atoms with Crippen LogP contribution >= 0.6 is 0 Å². The van der Waals surface area contributed by atoms with Crippen LogP contribution in [0.25, 0.3) is 0 Å². The Balaban J connectivity index is 1.49. The molecular formula is C18H21N3O2. The third kappa shape index (κ3) is 2.88. The lowest BCUT2D eigenvalue weighted by Gasteiger charge is -2.27. The number of anilines is 1. The molecule has 0 spiro atoms. The second-order valence-electron chi connectivity index (χ2n) is 6.38. The van der Waals surface area contributed by atoms with E-state index in [0.717, 1.165) is 36.3 Å². The van der Waals surface area contributed by atoms with Crippen molar-refractivity contribution in [2.75, 3.05) is 11.9 Å². The van der Waals surface area contributed by atoms with Gasteiger partial charge in [0, 0.05) is 18.2 Å². The average molecular weight is 311 g/mol. The van der Waals surface area contributed by atoms with E-state index in [1.54, 1.807) is 0 Å². The van der Waals surface area contributed by atoms with Crippen molar-refractivity contribution in [1.82, 2.24) is 10.2 Å². The van der Waals surface area contributed by atoms with Gasteiger partial charge in [0.05, 0.1) is 11.8 Å². The van der Waals surface area contributed by atoms with Crippen LogP contribution in [0.15, 0.2) is 30.3 Å². The van der Waals surface area contributed by atoms with Crippen molar-refractivity contribution in [3.05, 3.63) is 47.2 Å². The molecule has 1 saturated carbocycles. The third-order valence-corrected chi connectivity index (χ3v) is 4.87. The van der Waals surface area contributed by atoms with Crippen molar-refractivity contribution in [2.24, 2.45) is 0 Å². The van der Waals surface area contributed by atoms with E-state index in [9.17, 15) is 4.79 Å². The van der Waals surface area contributed by atoms with Gasteiger partial charge in [0.15, 0.2) is 5.82 Å². The quantitative estimate of drug-likeness (QED) is 0.903. The summed E-state index contributed by atoms with van der Waals surface area (Å²) in [6, 6.07) is 9.77. The Morgan fingerprint density at radius 3 is 2.83 bits per heavy atom. The standard InChI is InChI=1S/C18H21N3O2/c22-18(14-8-2-1-7-13(14)12-5-3-6-12)19-17-11-15(20-21-17)16-9-4-10-23-16/h1-2,7-8,11-12,16H,3-6,9-10H2,(H2,19,20,21,22). The van der Waals surface area contributed by atoms with Gasteiger partial charge in [0.1, 0.15) is 0 Å². The van der Waals surface area contributed by atoms with Crippen LogP contribution in [0.3, 0.4) is 0 Å². The summed E-state index contributed by atoms with van der Waals surface area (Å²) in [5.41, 5.74) is 2.86. The summed E-state index contributed by atoms with van der Waals surface area (Å²) >= 11 is 0. The van der Waals surface area contributed by atoms with Gasteiger partial charge in [-0.15, -0.1) is 0 Å². The van der Waals surface area contributed by atoms with Crippen LogP contribution in [0, 0.1) is 0 Å². The summed E-state index contributed by atoms with van der Waals surface area (Å²) in [5, 5.41) is 10.1. The minimum Gasteiger partial charge on any atom is -0.372 e. The molecule has 1 unspecified atom stereocenters. The van der Waals surface area contributed by atoms with Crippen LogP contribution in [0.1, 0.15) is 65.7 Å². The van der Waals surface area contributed by atoms with Crippen molar-refractivity contribution in [3.8, 4) is 0 Å². The SMILES string of the molecule is O=C(Nc1cc(C2CCCO2)[nH]n1)c1ccccc1C1CCC1. The largest absolute Gasteiger partial charge is 0.372 e. The van der Waals surface area contributed by atoms with Gasteiger partial charge in [-0.2, -0.15) is 5.10 Å². The summed E-state index contributed by atoms with van der Waals surface area (Å²) in [7, 11) is 0. The number of carbonyl (C=O) groups is 1. The second-order valence-corrected chi connectivity index (χ2v) is 6.38. The molecule has 1 saturated heterocycles. The molecule has 2 heterocycles. The number of nitrogens with zero attached hydrogens (tertiary/aromatic N) is 1. The summed E-state index contributed by atoms with van der Waals surface area (Å²) in [5.74, 6) is 1.00. The number of rotatable bonds is 4. The number of hydrogen-bond acceptors (Lipinski definition) is 3. The number of aromatic amines is 1. The van der Waals surface area contributed by atoms with Crippen LogP contribution in [-0.4, -0.2) is 22.7 Å². The minimum atomic E-state index is -0.0853. The summed E-state index contributed by atoms with van der Waals surface area (Å²) in [6.07, 6.45) is 5.76. The van der Waals surface area contributed by atoms with E-state index in [0.29, 0.717) is 11.7 Å². The molecule has 2 aliphatic rings. The lowest BCUT2D eigenvalue weighted by atomic mass is 9.78. The predicted octanol–water partition coefficient (Wildman–Crippen LogP) is 3.78. The number of amides is 1. The Morgan fingerprint density at radius 1 is 1.22 bits per heavy atom. The Morgan fingerprint density at radius 2 is 2.09 bits per heavy atom. The molecule has 23 heavy (non-hydrogen) atoms. The molecule has 0 bridgehead atoms. The van der Waals surface area contributed by atoms with Gasteiger partial charge < -0.3 is 10.1 Å². The van der Waals surface area contributed by atoms with Gasteiger partial charge in [0.25, 0.3) is 5.91 Å². The highest BCUT2D eigenvalue weighted by Crippen LogP contribution is 2.38. The molecular weight excluding hydrogens is 290 g/mol. The Kier molecular flexibility index (Phi) is 3.87. The van der Waals surface area contributed by atoms with Crippen LogP contribution in [0.5, 0.6) is 0 Å². The number of carbonyl (C=O) groups excluding carboxylic acids is 1. The van der Waals surface area contributed by atoms with Crippen LogP contribution < -0.4 is 5.32 Å². The van der Waals surface area contributed by atoms with E-state index < -0.39 is 0 Å². The Hall–Kier alpha value is -2.14. The normalized spacial score (nSPS) is 21.1. The fourth-order valence-corrected chi connectivity index (χ4v) is 3.35. The first-order valence-electron chi connectivity index (χ1n) is 8.38. The second kappa shape index (κ2) is 6.16. The van der Waals surface area contributed by atoms with Crippen LogP contribution in [0.2, 0.25) is 0 Å². The van der Waals surface area contributed by atoms with E-state index in [4.69, 9.17) is 4.74 Å². The number of nitrogens with one attached hydrogen (secondary N) is 2. The van der Waals surface area contributed by atoms with Crippen molar-refractivity contribution in [2.45, 2.75) is 44.1 Å². The zero-order valence-electron chi connectivity index (χ0n) is 13.0. The fraction of sp³-hybridized carbons (Fsp3) is 0.444. The zero-order valence-corrected chi connectivity index (χ0v) is 13.0. The van der Waals surface area contributed by atoms with Gasteiger partial charge in [-0.05, 0) is 43.2 Å². The number of hydrogen-bond donors (Lipinski definition) is 2. The molecule has 0 radical (unpaired) electrons. The summed E-state index contributed by atoms with van der Waals surface area (Å²) < 4.78 is 5.63. The molecule has 1 aromatic heterocycles. The number of H-pyrrole nitrogens is 1. The molecule has 2 N–H and O–H groups in total. The lowest BCUT2D eigenvalue weighted by molar-refractivity contribution is 0.102. The summed E-state index contributed by atoms with van der Waals surface area (Å²) in [4.78, 5) is 12.6. The van der Waals surface area contributed by atoms with Crippen molar-refractivity contribution in [1.29, 1.82) is 0 Å². The Bertz CT molecular complexity index is 700. The van der Waals surface area contributed by atoms with Crippen molar-refractivity contribution < 1.29 is 9.53 Å². The lowest BCUT2D eigenvalue weighted by Crippen LogP contribution is -2.18. The average Bonchev–Trinajstić information content (AvgIpc) is 3.16. The highest BCUT2D eigenvalue weighted by molar-refractivity contribution is 6.05. The fourth-order valence-electron chi connectivity index (χ4n) is 3.35. The van der Waals surface area contributed by atoms with E-state index in [1.807, 2.05) is 24.3 Å². The van der Waals surface area contributed by atoms with Gasteiger partial charge in [0.2, 0.25) is 0 Å². The molecule has 2 fully saturated rings. The minimum absolute atomic E-state index is 0.0791. The van der Waals surface area contributed by atoms with Crippen LogP contribution in [0.4, 0.5) is 5.82 Å². The molecule has 1 aliphatic heterocycles. The monoisotopic (exact) mass is 311 g/mol. The van der Waals surface area contributed by atoms with Crippen LogP contribution in [-0.2, 0) is 4.74 Å². The maximum Gasteiger partial charge on any atom is 0.257 e. The van der Waals surface area contributed by atoms with E-state index in [2.05, 4.69) is 21.6 Å². The smallest absolute Gasteiger partial charge is 0.257 e. The van der Waals surface area contributed by atoms with Gasteiger partial charge in [-0.3, -0.25) is 9.89 Å². The molecule has 1 atom stereocenters. The van der Waals surface area contributed by atoms with Crippen molar-refractivity contribution in [3.63, 3.8) is 0 Å². The van der Waals surface area contributed by atoms with E-state index >= 15 is 0 Å². The Labute approximate surface area is 135 Å². The topological polar surface area (TPSA) is 67.0 Å². The molecule has 5 heteroatoms.